The van der Waals surface area contributed by atoms with E-state index in [0.29, 0.717) is 11.4 Å². The molecule has 168 valence electrons. The average Bonchev–Trinajstić information content (AvgIpc) is 2.67. The van der Waals surface area contributed by atoms with Gasteiger partial charge in [-0.3, -0.25) is 0 Å². The van der Waals surface area contributed by atoms with Gasteiger partial charge in [0.25, 0.3) is 0 Å². The molecule has 2 fully saturated rings. The first-order valence-electron chi connectivity index (χ1n) is 10.6. The highest BCUT2D eigenvalue weighted by molar-refractivity contribution is 5.94. The molecule has 2 saturated heterocycles. The minimum atomic E-state index is -4.39. The second-order valence-corrected chi connectivity index (χ2v) is 8.95. The number of rotatable bonds is 4. The normalized spacial score (nSPS) is 18.4. The standard InChI is InChI=1S/C23H24F3N5O/c1-13-16(5-4-6-19(13)23(24,25)26)14(2)28-21-17-7-20(27-8-18(17)15(3)29-30-21)31-9-22(10-31)11-32-12-22/h4-8,14H,9-12H2,1-3H3,(H,28,30)/t14-/m1/s1. The van der Waals surface area contributed by atoms with E-state index in [2.05, 4.69) is 25.4 Å². The summed E-state index contributed by atoms with van der Waals surface area (Å²) in [4.78, 5) is 6.82. The van der Waals surface area contributed by atoms with E-state index in [1.165, 1.54) is 13.0 Å². The number of hydrogen-bond acceptors (Lipinski definition) is 6. The van der Waals surface area contributed by atoms with Crippen molar-refractivity contribution in [2.75, 3.05) is 36.5 Å². The minimum absolute atomic E-state index is 0.209. The highest BCUT2D eigenvalue weighted by atomic mass is 19.4. The molecule has 2 aromatic heterocycles. The van der Waals surface area contributed by atoms with Crippen LogP contribution in [0, 0.1) is 19.3 Å². The van der Waals surface area contributed by atoms with Crippen LogP contribution in [0.25, 0.3) is 10.8 Å². The van der Waals surface area contributed by atoms with Crippen LogP contribution in [0.4, 0.5) is 24.8 Å². The first-order chi connectivity index (χ1) is 15.2. The van der Waals surface area contributed by atoms with Gasteiger partial charge in [-0.05, 0) is 44.0 Å². The summed E-state index contributed by atoms with van der Waals surface area (Å²) in [5.41, 5.74) is 1.17. The largest absolute Gasteiger partial charge is 0.416 e. The van der Waals surface area contributed by atoms with Gasteiger partial charge in [-0.1, -0.05) is 12.1 Å². The summed E-state index contributed by atoms with van der Waals surface area (Å²) < 4.78 is 45.4. The maximum atomic E-state index is 13.4. The molecule has 0 saturated carbocycles. The molecule has 1 spiro atoms. The van der Waals surface area contributed by atoms with Crippen LogP contribution < -0.4 is 10.2 Å². The topological polar surface area (TPSA) is 63.2 Å². The molecule has 0 aliphatic carbocycles. The van der Waals surface area contributed by atoms with E-state index in [0.717, 1.165) is 54.7 Å². The summed E-state index contributed by atoms with van der Waals surface area (Å²) in [5, 5.41) is 13.5. The average molecular weight is 443 g/mol. The van der Waals surface area contributed by atoms with Gasteiger partial charge in [0.2, 0.25) is 0 Å². The lowest BCUT2D eigenvalue weighted by atomic mass is 9.78. The zero-order valence-corrected chi connectivity index (χ0v) is 18.1. The van der Waals surface area contributed by atoms with E-state index >= 15 is 0 Å². The highest BCUT2D eigenvalue weighted by Gasteiger charge is 2.49. The van der Waals surface area contributed by atoms with Crippen LogP contribution in [0.3, 0.4) is 0 Å². The van der Waals surface area contributed by atoms with Gasteiger partial charge in [-0.25, -0.2) is 4.98 Å². The van der Waals surface area contributed by atoms with Gasteiger partial charge in [0.1, 0.15) is 5.82 Å². The number of aromatic nitrogens is 3. The Balaban J connectivity index is 1.46. The molecule has 9 heteroatoms. The fourth-order valence-electron chi connectivity index (χ4n) is 4.65. The van der Waals surface area contributed by atoms with E-state index in [-0.39, 0.29) is 11.0 Å². The van der Waals surface area contributed by atoms with E-state index in [9.17, 15) is 13.2 Å². The molecule has 2 aliphatic rings. The molecule has 3 aromatic rings. The van der Waals surface area contributed by atoms with Crippen molar-refractivity contribution in [3.63, 3.8) is 0 Å². The molecule has 0 unspecified atom stereocenters. The summed E-state index contributed by atoms with van der Waals surface area (Å²) in [5.74, 6) is 1.38. The Morgan fingerprint density at radius 3 is 2.53 bits per heavy atom. The predicted octanol–water partition coefficient (Wildman–Crippen LogP) is 4.67. The van der Waals surface area contributed by atoms with Crippen LogP contribution in [0.1, 0.15) is 35.3 Å². The minimum Gasteiger partial charge on any atom is -0.380 e. The van der Waals surface area contributed by atoms with E-state index in [1.807, 2.05) is 19.9 Å². The number of nitrogens with zero attached hydrogens (tertiary/aromatic N) is 4. The van der Waals surface area contributed by atoms with Gasteiger partial charge in [-0.15, -0.1) is 5.10 Å². The summed E-state index contributed by atoms with van der Waals surface area (Å²) in [6.45, 7) is 8.60. The summed E-state index contributed by atoms with van der Waals surface area (Å²) >= 11 is 0. The molecular weight excluding hydrogens is 419 g/mol. The molecule has 1 N–H and O–H groups in total. The number of pyridine rings is 1. The van der Waals surface area contributed by atoms with Gasteiger partial charge in [-0.2, -0.15) is 18.3 Å². The molecule has 0 bridgehead atoms. The van der Waals surface area contributed by atoms with E-state index in [4.69, 9.17) is 4.74 Å². The van der Waals surface area contributed by atoms with Crippen molar-refractivity contribution < 1.29 is 17.9 Å². The van der Waals surface area contributed by atoms with Gasteiger partial charge < -0.3 is 15.0 Å². The Bertz CT molecular complexity index is 1180. The van der Waals surface area contributed by atoms with Crippen LogP contribution in [0.2, 0.25) is 0 Å². The van der Waals surface area contributed by atoms with Crippen molar-refractivity contribution in [3.05, 3.63) is 52.8 Å². The predicted molar refractivity (Wildman–Crippen MR) is 116 cm³/mol. The van der Waals surface area contributed by atoms with Gasteiger partial charge in [0, 0.05) is 30.1 Å². The number of alkyl halides is 3. The lowest BCUT2D eigenvalue weighted by molar-refractivity contribution is -0.138. The number of ether oxygens (including phenoxy) is 1. The van der Waals surface area contributed by atoms with Gasteiger partial charge in [0.15, 0.2) is 5.82 Å². The number of halogens is 3. The van der Waals surface area contributed by atoms with Crippen LogP contribution in [0.15, 0.2) is 30.5 Å². The zero-order chi connectivity index (χ0) is 22.7. The zero-order valence-electron chi connectivity index (χ0n) is 18.1. The number of aryl methyl sites for hydroxylation is 1. The van der Waals surface area contributed by atoms with Crippen LogP contribution in [-0.2, 0) is 10.9 Å². The first kappa shape index (κ1) is 20.9. The first-order valence-corrected chi connectivity index (χ1v) is 10.6. The smallest absolute Gasteiger partial charge is 0.380 e. The van der Waals surface area contributed by atoms with Crippen molar-refractivity contribution in [3.8, 4) is 0 Å². The maximum absolute atomic E-state index is 13.4. The van der Waals surface area contributed by atoms with Crippen LogP contribution >= 0.6 is 0 Å². The molecule has 1 aromatic carbocycles. The Labute approximate surface area is 183 Å². The Morgan fingerprint density at radius 1 is 1.12 bits per heavy atom. The Morgan fingerprint density at radius 2 is 1.88 bits per heavy atom. The van der Waals surface area contributed by atoms with Crippen molar-refractivity contribution in [2.24, 2.45) is 5.41 Å². The second kappa shape index (κ2) is 7.30. The van der Waals surface area contributed by atoms with Crippen LogP contribution in [-0.4, -0.2) is 41.5 Å². The van der Waals surface area contributed by atoms with E-state index < -0.39 is 17.8 Å². The fourth-order valence-corrected chi connectivity index (χ4v) is 4.65. The number of nitrogens with one attached hydrogen (secondary N) is 1. The second-order valence-electron chi connectivity index (χ2n) is 8.95. The van der Waals surface area contributed by atoms with Crippen molar-refractivity contribution in [1.29, 1.82) is 0 Å². The van der Waals surface area contributed by atoms with Gasteiger partial charge >= 0.3 is 6.18 Å². The quantitative estimate of drug-likeness (QED) is 0.632. The van der Waals surface area contributed by atoms with Crippen LogP contribution in [0.5, 0.6) is 0 Å². The third kappa shape index (κ3) is 3.44. The molecule has 4 heterocycles. The summed E-state index contributed by atoms with van der Waals surface area (Å²) in [7, 11) is 0. The SMILES string of the molecule is Cc1c([C@@H](C)Nc2nnc(C)c3cnc(N4CC5(COC5)C4)cc23)cccc1C(F)(F)F. The number of fused-ring (bicyclic) bond motifs is 1. The van der Waals surface area contributed by atoms with Gasteiger partial charge in [0.05, 0.1) is 35.9 Å². The summed E-state index contributed by atoms with van der Waals surface area (Å²) in [6, 6.07) is 5.84. The monoisotopic (exact) mass is 443 g/mol. The Kier molecular flexibility index (Phi) is 4.77. The molecule has 32 heavy (non-hydrogen) atoms. The molecule has 0 radical (unpaired) electrons. The molecular formula is C23H24F3N5O. The third-order valence-corrected chi connectivity index (χ3v) is 6.53. The number of hydrogen-bond donors (Lipinski definition) is 1. The highest BCUT2D eigenvalue weighted by Crippen LogP contribution is 2.41. The third-order valence-electron chi connectivity index (χ3n) is 6.53. The summed E-state index contributed by atoms with van der Waals surface area (Å²) in [6.07, 6.45) is -2.60. The molecule has 5 rings (SSSR count). The lowest BCUT2D eigenvalue weighted by Gasteiger charge is -2.55. The lowest BCUT2D eigenvalue weighted by Crippen LogP contribution is -2.66. The number of benzene rings is 1. The molecule has 0 amide bonds. The van der Waals surface area contributed by atoms with Crippen molar-refractivity contribution in [2.45, 2.75) is 33.0 Å². The maximum Gasteiger partial charge on any atom is 0.416 e. The molecule has 2 aliphatic heterocycles. The number of anilines is 2. The fraction of sp³-hybridized carbons (Fsp3) is 0.435. The molecule has 1 atom stereocenters. The molecule has 6 nitrogen and oxygen atoms in total. The van der Waals surface area contributed by atoms with E-state index in [1.54, 1.807) is 12.3 Å². The Hall–Kier alpha value is -2.94. The van der Waals surface area contributed by atoms with Crippen molar-refractivity contribution >= 4 is 22.4 Å². The van der Waals surface area contributed by atoms with Crippen molar-refractivity contribution in [1.82, 2.24) is 15.2 Å².